The Kier molecular flexibility index (Phi) is 4.63. The summed E-state index contributed by atoms with van der Waals surface area (Å²) in [4.78, 5) is 19.6. The molecular weight excluding hydrogens is 396 g/mol. The van der Waals surface area contributed by atoms with E-state index < -0.39 is 0 Å². The molecule has 0 radical (unpaired) electrons. The molecule has 7 nitrogen and oxygen atoms in total. The van der Waals surface area contributed by atoms with Gasteiger partial charge in [0, 0.05) is 11.8 Å². The van der Waals surface area contributed by atoms with Gasteiger partial charge in [0.05, 0.1) is 17.1 Å². The normalized spacial score (nSPS) is 13.0. The summed E-state index contributed by atoms with van der Waals surface area (Å²) in [6.45, 7) is 1.86. The van der Waals surface area contributed by atoms with Crippen molar-refractivity contribution in [3.8, 4) is 0 Å². The smallest absolute Gasteiger partial charge is 0.242 e. The van der Waals surface area contributed by atoms with Crippen molar-refractivity contribution in [2.24, 2.45) is 0 Å². The van der Waals surface area contributed by atoms with E-state index in [4.69, 9.17) is 5.73 Å². The highest BCUT2D eigenvalue weighted by molar-refractivity contribution is 7.99. The van der Waals surface area contributed by atoms with Crippen LogP contribution in [0, 0.1) is 6.92 Å². The highest BCUT2D eigenvalue weighted by atomic mass is 32.2. The van der Waals surface area contributed by atoms with Crippen molar-refractivity contribution in [3.63, 3.8) is 0 Å². The predicted molar refractivity (Wildman–Crippen MR) is 118 cm³/mol. The maximum absolute atomic E-state index is 13.4. The van der Waals surface area contributed by atoms with Crippen molar-refractivity contribution in [2.45, 2.75) is 24.9 Å². The Morgan fingerprint density at radius 3 is 2.33 bits per heavy atom. The standard InChI is InChI=1S/C22H20N6OS/c1-14-12-19-25-26-22(28(19)21(23)24-14)30-13-20(29)27-17-8-4-2-6-15(17)10-11-16-7-3-5-9-18(16)27/h2-9,12H,10-11,13H2,1H3,(H2,23,24). The van der Waals surface area contributed by atoms with E-state index in [0.717, 1.165) is 29.9 Å². The number of rotatable bonds is 3. The lowest BCUT2D eigenvalue weighted by Crippen LogP contribution is -2.28. The molecule has 2 N–H and O–H groups in total. The maximum Gasteiger partial charge on any atom is 0.242 e. The van der Waals surface area contributed by atoms with E-state index in [1.807, 2.05) is 54.3 Å². The van der Waals surface area contributed by atoms with Gasteiger partial charge >= 0.3 is 0 Å². The van der Waals surface area contributed by atoms with E-state index in [-0.39, 0.29) is 11.7 Å². The van der Waals surface area contributed by atoms with Crippen molar-refractivity contribution in [1.82, 2.24) is 19.6 Å². The van der Waals surface area contributed by atoms with E-state index in [2.05, 4.69) is 27.3 Å². The Hall–Kier alpha value is -3.39. The first-order valence-electron chi connectivity index (χ1n) is 9.71. The van der Waals surface area contributed by atoms with Crippen LogP contribution in [0.4, 0.5) is 17.3 Å². The lowest BCUT2D eigenvalue weighted by Gasteiger charge is -2.24. The van der Waals surface area contributed by atoms with Gasteiger partial charge in [0.25, 0.3) is 0 Å². The van der Waals surface area contributed by atoms with Crippen LogP contribution in [0.2, 0.25) is 0 Å². The van der Waals surface area contributed by atoms with Crippen LogP contribution in [0.25, 0.3) is 5.65 Å². The fraction of sp³-hybridized carbons (Fsp3) is 0.182. The van der Waals surface area contributed by atoms with Gasteiger partial charge in [0.15, 0.2) is 10.8 Å². The highest BCUT2D eigenvalue weighted by Crippen LogP contribution is 2.36. The molecule has 8 heteroatoms. The van der Waals surface area contributed by atoms with Crippen LogP contribution in [-0.2, 0) is 17.6 Å². The molecule has 0 atom stereocenters. The number of carbonyl (C=O) groups is 1. The van der Waals surface area contributed by atoms with Gasteiger partial charge < -0.3 is 5.73 Å². The first-order valence-corrected chi connectivity index (χ1v) is 10.7. The molecule has 1 amide bonds. The summed E-state index contributed by atoms with van der Waals surface area (Å²) < 4.78 is 1.68. The van der Waals surface area contributed by atoms with E-state index >= 15 is 0 Å². The van der Waals surface area contributed by atoms with E-state index in [1.54, 1.807) is 4.40 Å². The lowest BCUT2D eigenvalue weighted by molar-refractivity contribution is -0.115. The summed E-state index contributed by atoms with van der Waals surface area (Å²) in [6.07, 6.45) is 1.81. The number of aryl methyl sites for hydroxylation is 3. The number of nitrogens with two attached hydrogens (primary N) is 1. The Balaban J connectivity index is 1.48. The zero-order chi connectivity index (χ0) is 20.7. The Morgan fingerprint density at radius 1 is 1.03 bits per heavy atom. The topological polar surface area (TPSA) is 89.4 Å². The Bertz CT molecular complexity index is 1220. The van der Waals surface area contributed by atoms with Gasteiger partial charge in [0.1, 0.15) is 0 Å². The number of anilines is 3. The molecule has 30 heavy (non-hydrogen) atoms. The quantitative estimate of drug-likeness (QED) is 0.514. The van der Waals surface area contributed by atoms with Gasteiger partial charge in [-0.15, -0.1) is 10.2 Å². The number of para-hydroxylation sites is 2. The molecule has 0 saturated carbocycles. The van der Waals surface area contributed by atoms with Crippen LogP contribution in [0.5, 0.6) is 0 Å². The molecule has 4 aromatic rings. The maximum atomic E-state index is 13.4. The third-order valence-electron chi connectivity index (χ3n) is 5.22. The van der Waals surface area contributed by atoms with Crippen molar-refractivity contribution in [3.05, 3.63) is 71.4 Å². The second-order valence-electron chi connectivity index (χ2n) is 7.21. The number of benzene rings is 2. The fourth-order valence-corrected chi connectivity index (χ4v) is 4.67. The summed E-state index contributed by atoms with van der Waals surface area (Å²) in [5, 5.41) is 8.93. The minimum atomic E-state index is -0.0165. The third-order valence-corrected chi connectivity index (χ3v) is 6.13. The third kappa shape index (κ3) is 3.19. The summed E-state index contributed by atoms with van der Waals surface area (Å²) >= 11 is 1.31. The SMILES string of the molecule is Cc1cc2nnc(SCC(=O)N3c4ccccc4CCc4ccccc43)n2c(N)n1. The van der Waals surface area contributed by atoms with Crippen LogP contribution >= 0.6 is 11.8 Å². The molecule has 2 aromatic heterocycles. The summed E-state index contributed by atoms with van der Waals surface area (Å²) in [6, 6.07) is 18.0. The van der Waals surface area contributed by atoms with Crippen LogP contribution in [-0.4, -0.2) is 31.2 Å². The van der Waals surface area contributed by atoms with Gasteiger partial charge in [-0.25, -0.2) is 9.38 Å². The summed E-state index contributed by atoms with van der Waals surface area (Å²) in [5.41, 5.74) is 11.7. The van der Waals surface area contributed by atoms with Crippen LogP contribution < -0.4 is 10.6 Å². The minimum absolute atomic E-state index is 0.0165. The average Bonchev–Trinajstić information content (AvgIpc) is 3.07. The highest BCUT2D eigenvalue weighted by Gasteiger charge is 2.26. The first-order chi connectivity index (χ1) is 14.6. The molecule has 1 aliphatic rings. The molecule has 0 aliphatic carbocycles. The molecule has 0 fully saturated rings. The molecule has 0 spiro atoms. The molecular formula is C22H20N6OS. The number of nitrogen functional groups attached to an aromatic ring is 1. The van der Waals surface area contributed by atoms with Crippen LogP contribution in [0.3, 0.4) is 0 Å². The van der Waals surface area contributed by atoms with Gasteiger partial charge in [-0.3, -0.25) is 9.69 Å². The minimum Gasteiger partial charge on any atom is -0.369 e. The van der Waals surface area contributed by atoms with E-state index in [9.17, 15) is 4.79 Å². The molecule has 1 aliphatic heterocycles. The first kappa shape index (κ1) is 18.6. The van der Waals surface area contributed by atoms with E-state index in [0.29, 0.717) is 16.8 Å². The van der Waals surface area contributed by atoms with Crippen LogP contribution in [0.15, 0.2) is 59.8 Å². The number of amides is 1. The number of aromatic nitrogens is 4. The number of hydrogen-bond donors (Lipinski definition) is 1. The number of hydrogen-bond acceptors (Lipinski definition) is 6. The van der Waals surface area contributed by atoms with Gasteiger partial charge in [0.2, 0.25) is 11.9 Å². The number of fused-ring (bicyclic) bond motifs is 3. The molecule has 5 rings (SSSR count). The Labute approximate surface area is 177 Å². The average molecular weight is 417 g/mol. The van der Waals surface area contributed by atoms with Gasteiger partial charge in [-0.1, -0.05) is 48.2 Å². The van der Waals surface area contributed by atoms with E-state index in [1.165, 1.54) is 22.9 Å². The van der Waals surface area contributed by atoms with Crippen LogP contribution in [0.1, 0.15) is 16.8 Å². The van der Waals surface area contributed by atoms with Crippen molar-refractivity contribution in [2.75, 3.05) is 16.4 Å². The van der Waals surface area contributed by atoms with Gasteiger partial charge in [-0.2, -0.15) is 0 Å². The molecule has 0 saturated heterocycles. The predicted octanol–water partition coefficient (Wildman–Crippen LogP) is 3.57. The second-order valence-corrected chi connectivity index (χ2v) is 8.15. The molecule has 0 bridgehead atoms. The molecule has 2 aromatic carbocycles. The van der Waals surface area contributed by atoms with Crippen molar-refractivity contribution >= 4 is 40.6 Å². The Morgan fingerprint density at radius 2 is 1.67 bits per heavy atom. The zero-order valence-electron chi connectivity index (χ0n) is 16.4. The fourth-order valence-electron chi connectivity index (χ4n) is 3.87. The van der Waals surface area contributed by atoms with Crippen molar-refractivity contribution in [1.29, 1.82) is 0 Å². The number of thioether (sulfide) groups is 1. The van der Waals surface area contributed by atoms with Gasteiger partial charge in [-0.05, 0) is 43.0 Å². The zero-order valence-corrected chi connectivity index (χ0v) is 17.3. The second kappa shape index (κ2) is 7.46. The largest absolute Gasteiger partial charge is 0.369 e. The molecule has 150 valence electrons. The van der Waals surface area contributed by atoms with Crippen molar-refractivity contribution < 1.29 is 4.79 Å². The number of nitrogens with zero attached hydrogens (tertiary/aromatic N) is 5. The summed E-state index contributed by atoms with van der Waals surface area (Å²) in [7, 11) is 0. The molecule has 0 unspecified atom stereocenters. The lowest BCUT2D eigenvalue weighted by atomic mass is 10.0. The summed E-state index contributed by atoms with van der Waals surface area (Å²) in [5.74, 6) is 0.504. The monoisotopic (exact) mass is 416 g/mol. The molecule has 3 heterocycles. The number of carbonyl (C=O) groups excluding carboxylic acids is 1.